The van der Waals surface area contributed by atoms with E-state index >= 15 is 0 Å². The third-order valence-corrected chi connectivity index (χ3v) is 1.27. The predicted molar refractivity (Wildman–Crippen MR) is 31.7 cm³/mol. The van der Waals surface area contributed by atoms with Crippen LogP contribution in [-0.4, -0.2) is 29.6 Å². The second-order valence-corrected chi connectivity index (χ2v) is 1.88. The molecule has 0 aliphatic carbocycles. The fraction of sp³-hybridized carbons (Fsp3) is 0. The van der Waals surface area contributed by atoms with Gasteiger partial charge in [-0.2, -0.15) is 0 Å². The van der Waals surface area contributed by atoms with Crippen LogP contribution in [0.15, 0.2) is 23.7 Å². The van der Waals surface area contributed by atoms with E-state index in [1.807, 2.05) is 0 Å². The Morgan fingerprint density at radius 3 is 1.67 bits per heavy atom. The van der Waals surface area contributed by atoms with Gasteiger partial charge in [-0.25, -0.2) is 0 Å². The summed E-state index contributed by atoms with van der Waals surface area (Å²) in [6.45, 7) is 0. The van der Waals surface area contributed by atoms with Crippen molar-refractivity contribution in [3.8, 4) is 0 Å². The number of hydrogen-bond donors (Lipinski definition) is 0. The van der Waals surface area contributed by atoms with E-state index in [0.29, 0.717) is 0 Å². The average Bonchev–Trinajstić information content (AvgIpc) is 1.76. The first-order valence-corrected chi connectivity index (χ1v) is 2.73. The first kappa shape index (κ1) is 6.78. The smallest absolute Gasteiger partial charge is 0 e. The minimum absolute atomic E-state index is 0. The topological polar surface area (TPSA) is 0 Å². The van der Waals surface area contributed by atoms with E-state index < -0.39 is 0 Å². The zero-order valence-electron chi connectivity index (χ0n) is 3.81. The van der Waals surface area contributed by atoms with Crippen LogP contribution in [0.2, 0.25) is 0 Å². The van der Waals surface area contributed by atoms with Crippen LogP contribution in [0, 0.1) is 0 Å². The van der Waals surface area contributed by atoms with Crippen molar-refractivity contribution < 1.29 is 0 Å². The molecule has 0 aliphatic rings. The minimum Gasteiger partial charge on any atom is -0.140 e. The molecule has 1 radical (unpaired) electrons. The van der Waals surface area contributed by atoms with E-state index in [1.54, 1.807) is 0 Å². The molecule has 0 amide bonds. The van der Waals surface area contributed by atoms with Crippen molar-refractivity contribution in [2.24, 2.45) is 0 Å². The molecule has 0 aromatic carbocycles. The van der Waals surface area contributed by atoms with Crippen LogP contribution >= 0.6 is 8.19 Å². The van der Waals surface area contributed by atoms with Gasteiger partial charge in [-0.05, 0) is 11.6 Å². The van der Waals surface area contributed by atoms with Crippen molar-refractivity contribution in [2.75, 3.05) is 0 Å². The van der Waals surface area contributed by atoms with Crippen LogP contribution in [0.1, 0.15) is 0 Å². The molecule has 0 saturated heterocycles. The first-order chi connectivity index (χ1) is 2.50. The molecule has 0 N–H and O–H groups in total. The molecule has 0 spiro atoms. The SMILES string of the molecule is [Na].c1cc[pH]c1. The van der Waals surface area contributed by atoms with Gasteiger partial charge in [0.05, 0.1) is 0 Å². The van der Waals surface area contributed by atoms with Gasteiger partial charge in [0.2, 0.25) is 0 Å². The van der Waals surface area contributed by atoms with Crippen LogP contribution in [0.5, 0.6) is 0 Å². The minimum atomic E-state index is 0. The molecule has 1 rings (SSSR count). The van der Waals surface area contributed by atoms with E-state index in [2.05, 4.69) is 23.7 Å². The van der Waals surface area contributed by atoms with Gasteiger partial charge < -0.3 is 0 Å². The van der Waals surface area contributed by atoms with E-state index in [0.717, 1.165) is 8.19 Å². The summed E-state index contributed by atoms with van der Waals surface area (Å²) in [6.07, 6.45) is 0. The maximum Gasteiger partial charge on any atom is 0 e. The van der Waals surface area contributed by atoms with Crippen LogP contribution in [0.4, 0.5) is 0 Å². The molecule has 1 heterocycles. The quantitative estimate of drug-likeness (QED) is 0.439. The predicted octanol–water partition coefficient (Wildman–Crippen LogP) is 1.34. The number of rotatable bonds is 0. The summed E-state index contributed by atoms with van der Waals surface area (Å²) in [4.78, 5) is 0. The Morgan fingerprint density at radius 2 is 1.50 bits per heavy atom. The summed E-state index contributed by atoms with van der Waals surface area (Å²) < 4.78 is 0. The Kier molecular flexibility index (Phi) is 4.47. The molecule has 1 aromatic rings. The van der Waals surface area contributed by atoms with Crippen molar-refractivity contribution in [3.63, 3.8) is 0 Å². The third-order valence-electron chi connectivity index (χ3n) is 0.496. The Hall–Kier alpha value is 0.780. The molecule has 6 heavy (non-hydrogen) atoms. The molecule has 0 unspecified atom stereocenters. The van der Waals surface area contributed by atoms with E-state index in [1.165, 1.54) is 0 Å². The van der Waals surface area contributed by atoms with Crippen molar-refractivity contribution >= 4 is 37.7 Å². The molecule has 0 nitrogen and oxygen atoms in total. The normalized spacial score (nSPS) is 6.67. The van der Waals surface area contributed by atoms with Gasteiger partial charge in [0.25, 0.3) is 0 Å². The van der Waals surface area contributed by atoms with Crippen LogP contribution < -0.4 is 0 Å². The Bertz CT molecular complexity index is 64.0. The van der Waals surface area contributed by atoms with Gasteiger partial charge in [0.1, 0.15) is 0 Å². The molecular weight excluding hydrogens is 102 g/mol. The molecule has 0 bridgehead atoms. The maximum atomic E-state index is 2.15. The molecule has 27 valence electrons. The summed E-state index contributed by atoms with van der Waals surface area (Å²) in [5.41, 5.74) is 0. The van der Waals surface area contributed by atoms with Gasteiger partial charge >= 0.3 is 0 Å². The van der Waals surface area contributed by atoms with Crippen LogP contribution in [0.3, 0.4) is 0 Å². The second kappa shape index (κ2) is 3.95. The summed E-state index contributed by atoms with van der Waals surface area (Å²) >= 11 is 0. The molecule has 0 saturated carbocycles. The van der Waals surface area contributed by atoms with Gasteiger partial charge in [0.15, 0.2) is 0 Å². The fourth-order valence-corrected chi connectivity index (χ4v) is 0.833. The van der Waals surface area contributed by atoms with E-state index in [4.69, 9.17) is 0 Å². The summed E-state index contributed by atoms with van der Waals surface area (Å²) in [5.74, 6) is 4.31. The standard InChI is InChI=1S/C4H5P.Na/c1-2-4-5-3-1;/h1-5H;. The maximum absolute atomic E-state index is 2.15. The average molecular weight is 107 g/mol. The van der Waals surface area contributed by atoms with Gasteiger partial charge in [-0.15, -0.1) is 8.19 Å². The number of hydrogen-bond acceptors (Lipinski definition) is 0. The molecule has 0 atom stereocenters. The molecule has 2 heteroatoms. The van der Waals surface area contributed by atoms with Crippen molar-refractivity contribution in [3.05, 3.63) is 23.7 Å². The van der Waals surface area contributed by atoms with Gasteiger partial charge in [-0.1, -0.05) is 12.1 Å². The largest absolute Gasteiger partial charge is 0.140 e. The fourth-order valence-electron chi connectivity index (χ4n) is 0.278. The van der Waals surface area contributed by atoms with E-state index in [-0.39, 0.29) is 29.6 Å². The zero-order chi connectivity index (χ0) is 3.54. The van der Waals surface area contributed by atoms with Gasteiger partial charge in [-0.3, -0.25) is 0 Å². The van der Waals surface area contributed by atoms with Crippen LogP contribution in [-0.2, 0) is 0 Å². The molecule has 0 fully saturated rings. The zero-order valence-corrected chi connectivity index (χ0v) is 6.81. The second-order valence-electron chi connectivity index (χ2n) is 0.885. The molecule has 1 aromatic heterocycles. The van der Waals surface area contributed by atoms with Crippen molar-refractivity contribution in [2.45, 2.75) is 0 Å². The molecule has 0 aliphatic heterocycles. The van der Waals surface area contributed by atoms with Crippen LogP contribution in [0.25, 0.3) is 0 Å². The summed E-state index contributed by atoms with van der Waals surface area (Å²) in [5, 5.41) is 0. The third kappa shape index (κ3) is 2.04. The summed E-state index contributed by atoms with van der Waals surface area (Å²) in [6, 6.07) is 4.14. The van der Waals surface area contributed by atoms with Crippen molar-refractivity contribution in [1.82, 2.24) is 0 Å². The molecular formula is C4H5NaP. The first-order valence-electron chi connectivity index (χ1n) is 1.58. The monoisotopic (exact) mass is 107 g/mol. The van der Waals surface area contributed by atoms with Crippen molar-refractivity contribution in [1.29, 1.82) is 0 Å². The van der Waals surface area contributed by atoms with Gasteiger partial charge in [0, 0.05) is 29.6 Å². The Morgan fingerprint density at radius 1 is 1.00 bits per heavy atom. The summed E-state index contributed by atoms with van der Waals surface area (Å²) in [7, 11) is 0.948. The Labute approximate surface area is 61.3 Å². The van der Waals surface area contributed by atoms with E-state index in [9.17, 15) is 0 Å². The Balaban J connectivity index is 0.000000250.